The van der Waals surface area contributed by atoms with E-state index < -0.39 is 6.61 Å². The maximum absolute atomic E-state index is 12.2. The molecule has 0 atom stereocenters. The number of carbonyl (C=O) groups excluding carboxylic acids is 2. The minimum absolute atomic E-state index is 0.0387. The van der Waals surface area contributed by atoms with Crippen molar-refractivity contribution in [3.63, 3.8) is 0 Å². The molecule has 2 aromatic rings. The fourth-order valence-corrected chi connectivity index (χ4v) is 2.67. The number of nitrogens with zero attached hydrogens (tertiary/aromatic N) is 1. The van der Waals surface area contributed by atoms with Crippen LogP contribution in [0.15, 0.2) is 29.6 Å². The van der Waals surface area contributed by atoms with Crippen molar-refractivity contribution < 1.29 is 23.1 Å². The zero-order valence-corrected chi connectivity index (χ0v) is 15.1. The van der Waals surface area contributed by atoms with Crippen LogP contribution >= 0.6 is 11.3 Å². The van der Waals surface area contributed by atoms with Crippen LogP contribution in [-0.4, -0.2) is 23.4 Å². The van der Waals surface area contributed by atoms with E-state index in [1.165, 1.54) is 23.5 Å². The lowest BCUT2D eigenvalue weighted by atomic mass is 10.2. The monoisotopic (exact) mass is 383 g/mol. The second-order valence-corrected chi connectivity index (χ2v) is 6.63. The van der Waals surface area contributed by atoms with Crippen molar-refractivity contribution in [3.05, 3.63) is 40.9 Å². The van der Waals surface area contributed by atoms with Gasteiger partial charge < -0.3 is 15.4 Å². The van der Waals surface area contributed by atoms with E-state index in [1.807, 2.05) is 0 Å². The molecule has 140 valence electrons. The fourth-order valence-electron chi connectivity index (χ4n) is 1.95. The van der Waals surface area contributed by atoms with Crippen molar-refractivity contribution in [3.8, 4) is 5.75 Å². The summed E-state index contributed by atoms with van der Waals surface area (Å²) in [6, 6.07) is 6.12. The second-order valence-electron chi connectivity index (χ2n) is 5.77. The molecule has 0 saturated carbocycles. The van der Waals surface area contributed by atoms with Crippen LogP contribution < -0.4 is 15.4 Å². The zero-order chi connectivity index (χ0) is 19.1. The average Bonchev–Trinajstić information content (AvgIpc) is 2.99. The summed E-state index contributed by atoms with van der Waals surface area (Å²) < 4.78 is 28.7. The van der Waals surface area contributed by atoms with Gasteiger partial charge in [-0.3, -0.25) is 9.59 Å². The van der Waals surface area contributed by atoms with Gasteiger partial charge in [0.15, 0.2) is 5.13 Å². The number of carbonyl (C=O) groups is 2. The first kappa shape index (κ1) is 19.8. The van der Waals surface area contributed by atoms with Crippen molar-refractivity contribution in [2.75, 3.05) is 5.32 Å². The summed E-state index contributed by atoms with van der Waals surface area (Å²) >= 11 is 1.25. The summed E-state index contributed by atoms with van der Waals surface area (Å²) in [4.78, 5) is 27.8. The van der Waals surface area contributed by atoms with Gasteiger partial charge in [0.1, 0.15) is 5.75 Å². The average molecular weight is 383 g/mol. The first-order valence-electron chi connectivity index (χ1n) is 7.89. The van der Waals surface area contributed by atoms with Crippen LogP contribution in [0.5, 0.6) is 5.75 Å². The molecular weight excluding hydrogens is 364 g/mol. The smallest absolute Gasteiger partial charge is 0.387 e. The van der Waals surface area contributed by atoms with Gasteiger partial charge >= 0.3 is 6.61 Å². The van der Waals surface area contributed by atoms with Gasteiger partial charge in [0.2, 0.25) is 11.8 Å². The number of rotatable bonds is 8. The Bertz CT molecular complexity index is 765. The molecule has 0 spiro atoms. The highest BCUT2D eigenvalue weighted by Gasteiger charge is 2.12. The number of halogens is 2. The van der Waals surface area contributed by atoms with Gasteiger partial charge in [-0.1, -0.05) is 26.0 Å². The molecule has 2 N–H and O–H groups in total. The van der Waals surface area contributed by atoms with E-state index in [4.69, 9.17) is 0 Å². The van der Waals surface area contributed by atoms with E-state index >= 15 is 0 Å². The van der Waals surface area contributed by atoms with Crippen molar-refractivity contribution in [2.24, 2.45) is 5.92 Å². The van der Waals surface area contributed by atoms with Gasteiger partial charge in [-0.15, -0.1) is 11.3 Å². The minimum Gasteiger partial charge on any atom is -0.435 e. The SMILES string of the molecule is CC(C)C(=O)Nc1nc(CC(=O)NCc2cccc(OC(F)F)c2)cs1. The fraction of sp³-hybridized carbons (Fsp3) is 0.353. The molecule has 0 aliphatic heterocycles. The molecule has 0 aliphatic rings. The Morgan fingerprint density at radius 1 is 1.31 bits per heavy atom. The highest BCUT2D eigenvalue weighted by Crippen LogP contribution is 2.17. The van der Waals surface area contributed by atoms with Crippen LogP contribution in [0.1, 0.15) is 25.1 Å². The molecule has 0 fully saturated rings. The first-order chi connectivity index (χ1) is 12.3. The standard InChI is InChI=1S/C17H19F2N3O3S/c1-10(2)15(24)22-17-21-12(9-26-17)7-14(23)20-8-11-4-3-5-13(6-11)25-16(18)19/h3-6,9-10,16H,7-8H2,1-2H3,(H,20,23)(H,21,22,24). The Kier molecular flexibility index (Phi) is 7.02. The maximum Gasteiger partial charge on any atom is 0.387 e. The van der Waals surface area contributed by atoms with Gasteiger partial charge in [-0.25, -0.2) is 4.98 Å². The lowest BCUT2D eigenvalue weighted by molar-refractivity contribution is -0.120. The quantitative estimate of drug-likeness (QED) is 0.734. The Balaban J connectivity index is 1.84. The third kappa shape index (κ3) is 6.40. The molecule has 0 radical (unpaired) electrons. The predicted octanol–water partition coefficient (Wildman–Crippen LogP) is 3.20. The lowest BCUT2D eigenvalue weighted by Gasteiger charge is -2.08. The first-order valence-corrected chi connectivity index (χ1v) is 8.77. The number of benzene rings is 1. The van der Waals surface area contributed by atoms with Gasteiger partial charge in [-0.2, -0.15) is 8.78 Å². The second kappa shape index (κ2) is 9.23. The van der Waals surface area contributed by atoms with Crippen molar-refractivity contribution >= 4 is 28.3 Å². The Hall–Kier alpha value is -2.55. The van der Waals surface area contributed by atoms with Gasteiger partial charge in [0, 0.05) is 17.8 Å². The Morgan fingerprint density at radius 3 is 2.77 bits per heavy atom. The number of alkyl halides is 2. The molecule has 9 heteroatoms. The molecule has 1 aromatic carbocycles. The van der Waals surface area contributed by atoms with Crippen LogP contribution in [0, 0.1) is 5.92 Å². The number of nitrogens with one attached hydrogen (secondary N) is 2. The van der Waals surface area contributed by atoms with E-state index in [9.17, 15) is 18.4 Å². The number of anilines is 1. The Morgan fingerprint density at radius 2 is 2.08 bits per heavy atom. The predicted molar refractivity (Wildman–Crippen MR) is 94.2 cm³/mol. The summed E-state index contributed by atoms with van der Waals surface area (Å²) in [5, 5.41) is 7.52. The lowest BCUT2D eigenvalue weighted by Crippen LogP contribution is -2.24. The number of amides is 2. The molecule has 2 rings (SSSR count). The van der Waals surface area contributed by atoms with Crippen molar-refractivity contribution in [2.45, 2.75) is 33.4 Å². The molecule has 1 heterocycles. The molecule has 6 nitrogen and oxygen atoms in total. The number of hydrogen-bond acceptors (Lipinski definition) is 5. The zero-order valence-electron chi connectivity index (χ0n) is 14.3. The third-order valence-electron chi connectivity index (χ3n) is 3.26. The highest BCUT2D eigenvalue weighted by atomic mass is 32.1. The van der Waals surface area contributed by atoms with Crippen molar-refractivity contribution in [1.82, 2.24) is 10.3 Å². The van der Waals surface area contributed by atoms with E-state index in [0.29, 0.717) is 16.4 Å². The normalized spacial score (nSPS) is 10.8. The molecule has 2 amide bonds. The van der Waals surface area contributed by atoms with E-state index in [2.05, 4.69) is 20.4 Å². The maximum atomic E-state index is 12.2. The Labute approximate surface area is 153 Å². The highest BCUT2D eigenvalue weighted by molar-refractivity contribution is 7.13. The van der Waals surface area contributed by atoms with Crippen molar-refractivity contribution in [1.29, 1.82) is 0 Å². The summed E-state index contributed by atoms with van der Waals surface area (Å²) in [7, 11) is 0. The van der Waals surface area contributed by atoms with E-state index in [-0.39, 0.29) is 36.4 Å². The molecule has 26 heavy (non-hydrogen) atoms. The molecule has 0 unspecified atom stereocenters. The van der Waals surface area contributed by atoms with Gasteiger partial charge in [0.25, 0.3) is 0 Å². The van der Waals surface area contributed by atoms with E-state index in [1.54, 1.807) is 31.4 Å². The largest absolute Gasteiger partial charge is 0.435 e. The minimum atomic E-state index is -2.89. The number of hydrogen-bond donors (Lipinski definition) is 2. The topological polar surface area (TPSA) is 80.3 Å². The van der Waals surface area contributed by atoms with Crippen LogP contribution in [0.3, 0.4) is 0 Å². The van der Waals surface area contributed by atoms with Gasteiger partial charge in [-0.05, 0) is 17.7 Å². The third-order valence-corrected chi connectivity index (χ3v) is 4.07. The van der Waals surface area contributed by atoms with Gasteiger partial charge in [0.05, 0.1) is 12.1 Å². The molecular formula is C17H19F2N3O3S. The molecule has 0 aliphatic carbocycles. The van der Waals surface area contributed by atoms with Crippen LogP contribution in [0.4, 0.5) is 13.9 Å². The summed E-state index contributed by atoms with van der Waals surface area (Å²) in [6.45, 7) is 0.840. The van der Waals surface area contributed by atoms with Crippen LogP contribution in [-0.2, 0) is 22.6 Å². The number of aromatic nitrogens is 1. The van der Waals surface area contributed by atoms with Crippen LogP contribution in [0.2, 0.25) is 0 Å². The molecule has 1 aromatic heterocycles. The van der Waals surface area contributed by atoms with Crippen LogP contribution in [0.25, 0.3) is 0 Å². The van der Waals surface area contributed by atoms with E-state index in [0.717, 1.165) is 0 Å². The summed E-state index contributed by atoms with van der Waals surface area (Å²) in [6.07, 6.45) is 0.0568. The summed E-state index contributed by atoms with van der Waals surface area (Å²) in [5.74, 6) is -0.522. The number of thiazole rings is 1. The summed E-state index contributed by atoms with van der Waals surface area (Å²) in [5.41, 5.74) is 1.18. The molecule has 0 saturated heterocycles. The molecule has 0 bridgehead atoms. The number of ether oxygens (including phenoxy) is 1.